The number of allylic oxidation sites excluding steroid dienone is 1. The van der Waals surface area contributed by atoms with E-state index < -0.39 is 9.84 Å². The van der Waals surface area contributed by atoms with Gasteiger partial charge in [-0.05, 0) is 42.0 Å². The summed E-state index contributed by atoms with van der Waals surface area (Å²) in [4.78, 5) is 5.75. The van der Waals surface area contributed by atoms with E-state index in [0.717, 1.165) is 21.0 Å². The molecule has 0 atom stereocenters. The fourth-order valence-corrected chi connectivity index (χ4v) is 4.43. The molecule has 7 heteroatoms. The molecule has 0 unspecified atom stereocenters. The van der Waals surface area contributed by atoms with E-state index in [1.165, 1.54) is 29.7 Å². The molecule has 0 spiro atoms. The first kappa shape index (κ1) is 18.8. The summed E-state index contributed by atoms with van der Waals surface area (Å²) in [6, 6.07) is 12.7. The Morgan fingerprint density at radius 2 is 1.69 bits per heavy atom. The standard InChI is InChI=1S/C19H15ClFNO2S2/c1-12(20)11-17-22-18(13-3-7-15(21)8-4-13)19(25-17)14-5-9-16(10-6-14)26(2,23)24/h3-10H,1,11H2,2H3. The summed E-state index contributed by atoms with van der Waals surface area (Å²) >= 11 is 7.37. The van der Waals surface area contributed by atoms with Crippen LogP contribution in [0.3, 0.4) is 0 Å². The van der Waals surface area contributed by atoms with Crippen molar-refractivity contribution in [1.82, 2.24) is 4.98 Å². The van der Waals surface area contributed by atoms with E-state index in [2.05, 4.69) is 11.6 Å². The Morgan fingerprint density at radius 1 is 1.12 bits per heavy atom. The molecule has 3 aromatic rings. The zero-order valence-electron chi connectivity index (χ0n) is 13.9. The number of sulfone groups is 1. The Bertz CT molecular complexity index is 1060. The van der Waals surface area contributed by atoms with Crippen LogP contribution in [0, 0.1) is 5.82 Å². The molecule has 0 saturated carbocycles. The van der Waals surface area contributed by atoms with Gasteiger partial charge in [0.15, 0.2) is 9.84 Å². The van der Waals surface area contributed by atoms with Crippen LogP contribution in [0.4, 0.5) is 4.39 Å². The smallest absolute Gasteiger partial charge is 0.175 e. The zero-order valence-corrected chi connectivity index (χ0v) is 16.3. The van der Waals surface area contributed by atoms with Gasteiger partial charge in [0.25, 0.3) is 0 Å². The van der Waals surface area contributed by atoms with Crippen LogP contribution in [-0.4, -0.2) is 19.7 Å². The van der Waals surface area contributed by atoms with E-state index in [4.69, 9.17) is 11.6 Å². The topological polar surface area (TPSA) is 47.0 Å². The quantitative estimate of drug-likeness (QED) is 0.575. The van der Waals surface area contributed by atoms with E-state index in [1.54, 1.807) is 36.4 Å². The van der Waals surface area contributed by atoms with Gasteiger partial charge in [-0.3, -0.25) is 0 Å². The summed E-state index contributed by atoms with van der Waals surface area (Å²) < 4.78 is 36.6. The summed E-state index contributed by atoms with van der Waals surface area (Å²) in [6.45, 7) is 3.70. The van der Waals surface area contributed by atoms with E-state index >= 15 is 0 Å². The predicted molar refractivity (Wildman–Crippen MR) is 105 cm³/mol. The van der Waals surface area contributed by atoms with Crippen LogP contribution in [0.15, 0.2) is 65.0 Å². The predicted octanol–water partition coefficient (Wildman–Crippen LogP) is 5.31. The first-order valence-corrected chi connectivity index (χ1v) is 10.7. The van der Waals surface area contributed by atoms with Gasteiger partial charge < -0.3 is 0 Å². The summed E-state index contributed by atoms with van der Waals surface area (Å²) in [5.41, 5.74) is 2.31. The third kappa shape index (κ3) is 4.20. The second-order valence-electron chi connectivity index (χ2n) is 5.78. The van der Waals surface area contributed by atoms with Crippen molar-refractivity contribution in [1.29, 1.82) is 0 Å². The molecule has 0 N–H and O–H groups in total. The van der Waals surface area contributed by atoms with Crippen LogP contribution < -0.4 is 0 Å². The average Bonchev–Trinajstić information content (AvgIpc) is 2.98. The maximum Gasteiger partial charge on any atom is 0.175 e. The van der Waals surface area contributed by atoms with Gasteiger partial charge in [-0.1, -0.05) is 30.3 Å². The van der Waals surface area contributed by atoms with Gasteiger partial charge in [-0.25, -0.2) is 17.8 Å². The lowest BCUT2D eigenvalue weighted by Crippen LogP contribution is -1.96. The highest BCUT2D eigenvalue weighted by Gasteiger charge is 2.16. The highest BCUT2D eigenvalue weighted by molar-refractivity contribution is 7.90. The summed E-state index contributed by atoms with van der Waals surface area (Å²) in [7, 11) is -3.26. The Labute approximate surface area is 160 Å². The number of aromatic nitrogens is 1. The van der Waals surface area contributed by atoms with Crippen molar-refractivity contribution in [3.05, 3.63) is 71.0 Å². The van der Waals surface area contributed by atoms with Crippen LogP contribution in [0.25, 0.3) is 21.7 Å². The molecule has 26 heavy (non-hydrogen) atoms. The average molecular weight is 408 g/mol. The first-order valence-electron chi connectivity index (χ1n) is 7.63. The van der Waals surface area contributed by atoms with Gasteiger partial charge in [0, 0.05) is 23.3 Å². The number of hydrogen-bond donors (Lipinski definition) is 0. The number of hydrogen-bond acceptors (Lipinski definition) is 4. The van der Waals surface area contributed by atoms with Gasteiger partial charge in [-0.2, -0.15) is 0 Å². The van der Waals surface area contributed by atoms with Crippen molar-refractivity contribution in [2.45, 2.75) is 11.3 Å². The lowest BCUT2D eigenvalue weighted by molar-refractivity contribution is 0.602. The molecule has 0 aliphatic carbocycles. The van der Waals surface area contributed by atoms with Crippen molar-refractivity contribution in [3.8, 4) is 21.7 Å². The lowest BCUT2D eigenvalue weighted by atomic mass is 10.1. The van der Waals surface area contributed by atoms with Crippen LogP contribution >= 0.6 is 22.9 Å². The normalized spacial score (nSPS) is 11.5. The number of benzene rings is 2. The third-order valence-electron chi connectivity index (χ3n) is 3.68. The summed E-state index contributed by atoms with van der Waals surface area (Å²) in [6.07, 6.45) is 1.60. The van der Waals surface area contributed by atoms with Crippen molar-refractivity contribution in [2.75, 3.05) is 6.26 Å². The maximum absolute atomic E-state index is 13.3. The molecule has 2 aromatic carbocycles. The van der Waals surface area contributed by atoms with Crippen molar-refractivity contribution < 1.29 is 12.8 Å². The van der Waals surface area contributed by atoms with Crippen molar-refractivity contribution >= 4 is 32.8 Å². The monoisotopic (exact) mass is 407 g/mol. The number of halogens is 2. The molecule has 3 rings (SSSR count). The lowest BCUT2D eigenvalue weighted by Gasteiger charge is -2.04. The fraction of sp³-hybridized carbons (Fsp3) is 0.105. The van der Waals surface area contributed by atoms with Crippen LogP contribution in [0.2, 0.25) is 0 Å². The van der Waals surface area contributed by atoms with Crippen LogP contribution in [0.1, 0.15) is 5.01 Å². The Kier molecular flexibility index (Phi) is 5.27. The first-order chi connectivity index (χ1) is 12.2. The highest BCUT2D eigenvalue weighted by atomic mass is 35.5. The second kappa shape index (κ2) is 7.31. The third-order valence-corrected chi connectivity index (χ3v) is 6.04. The van der Waals surface area contributed by atoms with E-state index in [9.17, 15) is 12.8 Å². The van der Waals surface area contributed by atoms with E-state index in [1.807, 2.05) is 0 Å². The molecule has 134 valence electrons. The maximum atomic E-state index is 13.3. The summed E-state index contributed by atoms with van der Waals surface area (Å²) in [5.74, 6) is -0.322. The summed E-state index contributed by atoms with van der Waals surface area (Å²) in [5, 5.41) is 1.26. The van der Waals surface area contributed by atoms with E-state index in [0.29, 0.717) is 17.1 Å². The van der Waals surface area contributed by atoms with Gasteiger partial charge in [0.2, 0.25) is 0 Å². The molecular formula is C19H15ClFNO2S2. The van der Waals surface area contributed by atoms with E-state index in [-0.39, 0.29) is 10.7 Å². The van der Waals surface area contributed by atoms with Crippen LogP contribution in [0.5, 0.6) is 0 Å². The van der Waals surface area contributed by atoms with Gasteiger partial charge in [0.05, 0.1) is 20.5 Å². The molecule has 0 aliphatic heterocycles. The molecule has 0 amide bonds. The molecule has 3 nitrogen and oxygen atoms in total. The number of thiazole rings is 1. The Morgan fingerprint density at radius 3 is 2.23 bits per heavy atom. The minimum Gasteiger partial charge on any atom is -0.240 e. The molecule has 0 bridgehead atoms. The molecule has 0 aliphatic rings. The number of rotatable bonds is 5. The highest BCUT2D eigenvalue weighted by Crippen LogP contribution is 2.38. The minimum absolute atomic E-state index is 0.253. The Hall–Kier alpha value is -2.02. The molecule has 1 heterocycles. The van der Waals surface area contributed by atoms with Gasteiger partial charge >= 0.3 is 0 Å². The second-order valence-corrected chi connectivity index (χ2v) is 9.42. The van der Waals surface area contributed by atoms with Crippen molar-refractivity contribution in [2.24, 2.45) is 0 Å². The molecular weight excluding hydrogens is 393 g/mol. The number of nitrogens with zero attached hydrogens (tertiary/aromatic N) is 1. The zero-order chi connectivity index (χ0) is 18.9. The Balaban J connectivity index is 2.11. The fourth-order valence-electron chi connectivity index (χ4n) is 2.46. The van der Waals surface area contributed by atoms with Gasteiger partial charge in [-0.15, -0.1) is 11.3 Å². The molecule has 0 radical (unpaired) electrons. The largest absolute Gasteiger partial charge is 0.240 e. The van der Waals surface area contributed by atoms with Crippen LogP contribution in [-0.2, 0) is 16.3 Å². The van der Waals surface area contributed by atoms with Crippen molar-refractivity contribution in [3.63, 3.8) is 0 Å². The molecule has 0 saturated heterocycles. The van der Waals surface area contributed by atoms with Gasteiger partial charge in [0.1, 0.15) is 5.82 Å². The molecule has 1 aromatic heterocycles. The minimum atomic E-state index is -3.26. The molecule has 0 fully saturated rings. The SMILES string of the molecule is C=C(Cl)Cc1nc(-c2ccc(F)cc2)c(-c2ccc(S(C)(=O)=O)cc2)s1.